The summed E-state index contributed by atoms with van der Waals surface area (Å²) in [6.07, 6.45) is 3.51. The normalized spacial score (nSPS) is 15.6. The van der Waals surface area contributed by atoms with Gasteiger partial charge in [0.25, 0.3) is 0 Å². The van der Waals surface area contributed by atoms with Crippen LogP contribution in [0.5, 0.6) is 0 Å². The Kier molecular flexibility index (Phi) is 2.68. The van der Waals surface area contributed by atoms with E-state index < -0.39 is 0 Å². The minimum Gasteiger partial charge on any atom is -0.367 e. The molecule has 1 aromatic heterocycles. The van der Waals surface area contributed by atoms with Crippen molar-refractivity contribution in [2.75, 3.05) is 5.32 Å². The number of hydrogen-bond donors (Lipinski definition) is 2. The molecule has 0 aliphatic heterocycles. The van der Waals surface area contributed by atoms with Crippen LogP contribution in [0.1, 0.15) is 31.0 Å². The van der Waals surface area contributed by atoms with E-state index in [2.05, 4.69) is 29.4 Å². The predicted molar refractivity (Wildman–Crippen MR) is 58.2 cm³/mol. The van der Waals surface area contributed by atoms with Crippen LogP contribution < -0.4 is 11.1 Å². The third-order valence-corrected chi connectivity index (χ3v) is 2.47. The Bertz CT molecular complexity index is 296. The molecule has 1 aliphatic carbocycles. The maximum absolute atomic E-state index is 5.63. The Morgan fingerprint density at radius 1 is 1.50 bits per heavy atom. The molecule has 0 bridgehead atoms. The van der Waals surface area contributed by atoms with Crippen LogP contribution in [0.4, 0.5) is 5.82 Å². The van der Waals surface area contributed by atoms with Gasteiger partial charge in [0.05, 0.1) is 0 Å². The first-order valence-corrected chi connectivity index (χ1v) is 5.28. The quantitative estimate of drug-likeness (QED) is 0.761. The number of pyridine rings is 1. The molecule has 3 heteroatoms. The fraction of sp³-hybridized carbons (Fsp3) is 0.545. The summed E-state index contributed by atoms with van der Waals surface area (Å²) < 4.78 is 0. The van der Waals surface area contributed by atoms with E-state index in [1.807, 2.05) is 0 Å². The first-order chi connectivity index (χ1) is 6.81. The number of nitrogens with two attached hydrogens (primary N) is 1. The Labute approximate surface area is 84.7 Å². The second-order valence-corrected chi connectivity index (χ2v) is 3.83. The number of hydrogen-bond acceptors (Lipinski definition) is 3. The van der Waals surface area contributed by atoms with Crippen molar-refractivity contribution in [2.45, 2.75) is 38.8 Å². The molecule has 3 nitrogen and oxygen atoms in total. The van der Waals surface area contributed by atoms with Crippen LogP contribution in [-0.4, -0.2) is 11.0 Å². The van der Waals surface area contributed by atoms with Crippen LogP contribution in [0.15, 0.2) is 12.1 Å². The highest BCUT2D eigenvalue weighted by molar-refractivity contribution is 5.41. The van der Waals surface area contributed by atoms with Gasteiger partial charge in [0.1, 0.15) is 5.82 Å². The minimum absolute atomic E-state index is 0.592. The highest BCUT2D eigenvalue weighted by Crippen LogP contribution is 2.24. The standard InChI is InChI=1S/C11H17N3/c1-2-9-5-8(7-12)6-11(13-9)14-10-3-4-10/h5-6,10H,2-4,7,12H2,1H3,(H,13,14). The Morgan fingerprint density at radius 3 is 2.86 bits per heavy atom. The van der Waals surface area contributed by atoms with Gasteiger partial charge in [-0.1, -0.05) is 6.92 Å². The first kappa shape index (κ1) is 9.46. The summed E-state index contributed by atoms with van der Waals surface area (Å²) in [4.78, 5) is 4.51. The highest BCUT2D eigenvalue weighted by atomic mass is 15.0. The van der Waals surface area contributed by atoms with Gasteiger partial charge < -0.3 is 11.1 Å². The average Bonchev–Trinajstić information content (AvgIpc) is 3.01. The van der Waals surface area contributed by atoms with Crippen LogP contribution >= 0.6 is 0 Å². The van der Waals surface area contributed by atoms with Gasteiger partial charge in [0.2, 0.25) is 0 Å². The smallest absolute Gasteiger partial charge is 0.126 e. The zero-order valence-corrected chi connectivity index (χ0v) is 8.59. The van der Waals surface area contributed by atoms with E-state index in [0.29, 0.717) is 12.6 Å². The van der Waals surface area contributed by atoms with Crippen LogP contribution in [0.2, 0.25) is 0 Å². The van der Waals surface area contributed by atoms with Gasteiger partial charge in [-0.15, -0.1) is 0 Å². The van der Waals surface area contributed by atoms with Crippen molar-refractivity contribution < 1.29 is 0 Å². The molecule has 1 saturated carbocycles. The topological polar surface area (TPSA) is 50.9 Å². The van der Waals surface area contributed by atoms with Gasteiger partial charge >= 0.3 is 0 Å². The van der Waals surface area contributed by atoms with Crippen LogP contribution in [0.3, 0.4) is 0 Å². The molecule has 1 heterocycles. The van der Waals surface area contributed by atoms with E-state index in [9.17, 15) is 0 Å². The molecule has 1 aliphatic rings. The second-order valence-electron chi connectivity index (χ2n) is 3.83. The fourth-order valence-electron chi connectivity index (χ4n) is 1.46. The van der Waals surface area contributed by atoms with E-state index in [4.69, 9.17) is 5.73 Å². The lowest BCUT2D eigenvalue weighted by molar-refractivity contribution is 0.978. The zero-order chi connectivity index (χ0) is 9.97. The summed E-state index contributed by atoms with van der Waals surface area (Å²) in [5.41, 5.74) is 7.92. The van der Waals surface area contributed by atoms with Crippen molar-refractivity contribution in [3.63, 3.8) is 0 Å². The molecule has 0 amide bonds. The summed E-state index contributed by atoms with van der Waals surface area (Å²) in [5, 5.41) is 3.40. The van der Waals surface area contributed by atoms with Crippen molar-refractivity contribution in [3.05, 3.63) is 23.4 Å². The highest BCUT2D eigenvalue weighted by Gasteiger charge is 2.21. The number of nitrogens with zero attached hydrogens (tertiary/aromatic N) is 1. The number of rotatable bonds is 4. The fourth-order valence-corrected chi connectivity index (χ4v) is 1.46. The Morgan fingerprint density at radius 2 is 2.29 bits per heavy atom. The van der Waals surface area contributed by atoms with E-state index in [0.717, 1.165) is 17.9 Å². The monoisotopic (exact) mass is 191 g/mol. The molecular weight excluding hydrogens is 174 g/mol. The third kappa shape index (κ3) is 2.23. The number of nitrogens with one attached hydrogen (secondary N) is 1. The molecule has 76 valence electrons. The Balaban J connectivity index is 2.19. The van der Waals surface area contributed by atoms with E-state index in [1.54, 1.807) is 0 Å². The van der Waals surface area contributed by atoms with Crippen molar-refractivity contribution in [1.82, 2.24) is 4.98 Å². The molecule has 1 fully saturated rings. The van der Waals surface area contributed by atoms with Gasteiger partial charge in [0.15, 0.2) is 0 Å². The zero-order valence-electron chi connectivity index (χ0n) is 8.59. The molecule has 1 aromatic rings. The van der Waals surface area contributed by atoms with Crippen LogP contribution in [0.25, 0.3) is 0 Å². The van der Waals surface area contributed by atoms with Crippen LogP contribution in [0, 0.1) is 0 Å². The summed E-state index contributed by atoms with van der Waals surface area (Å²) in [7, 11) is 0. The van der Waals surface area contributed by atoms with E-state index in [1.165, 1.54) is 18.4 Å². The molecular formula is C11H17N3. The summed E-state index contributed by atoms with van der Waals surface area (Å²) in [5.74, 6) is 0.993. The average molecular weight is 191 g/mol. The maximum Gasteiger partial charge on any atom is 0.126 e. The third-order valence-electron chi connectivity index (χ3n) is 2.47. The molecule has 14 heavy (non-hydrogen) atoms. The molecule has 0 radical (unpaired) electrons. The first-order valence-electron chi connectivity index (χ1n) is 5.28. The molecule has 0 aromatic carbocycles. The lowest BCUT2D eigenvalue weighted by Gasteiger charge is -2.08. The van der Waals surface area contributed by atoms with Crippen molar-refractivity contribution in [3.8, 4) is 0 Å². The summed E-state index contributed by atoms with van der Waals surface area (Å²) >= 11 is 0. The minimum atomic E-state index is 0.592. The lowest BCUT2D eigenvalue weighted by atomic mass is 10.2. The largest absolute Gasteiger partial charge is 0.367 e. The summed E-state index contributed by atoms with van der Waals surface area (Å²) in [6.45, 7) is 2.71. The molecule has 0 unspecified atom stereocenters. The lowest BCUT2D eigenvalue weighted by Crippen LogP contribution is -2.07. The molecule has 0 atom stereocenters. The predicted octanol–water partition coefficient (Wildman–Crippen LogP) is 1.68. The molecule has 2 rings (SSSR count). The SMILES string of the molecule is CCc1cc(CN)cc(NC2CC2)n1. The number of aromatic nitrogens is 1. The maximum atomic E-state index is 5.63. The van der Waals surface area contributed by atoms with Gasteiger partial charge in [-0.3, -0.25) is 0 Å². The molecule has 0 saturated heterocycles. The van der Waals surface area contributed by atoms with Gasteiger partial charge in [-0.2, -0.15) is 0 Å². The van der Waals surface area contributed by atoms with Crippen molar-refractivity contribution in [2.24, 2.45) is 5.73 Å². The second kappa shape index (κ2) is 3.96. The van der Waals surface area contributed by atoms with Crippen LogP contribution in [-0.2, 0) is 13.0 Å². The summed E-state index contributed by atoms with van der Waals surface area (Å²) in [6, 6.07) is 4.79. The van der Waals surface area contributed by atoms with Gasteiger partial charge in [-0.25, -0.2) is 4.98 Å². The number of anilines is 1. The van der Waals surface area contributed by atoms with Crippen molar-refractivity contribution in [1.29, 1.82) is 0 Å². The molecule has 0 spiro atoms. The number of aryl methyl sites for hydroxylation is 1. The van der Waals surface area contributed by atoms with Gasteiger partial charge in [-0.05, 0) is 37.0 Å². The van der Waals surface area contributed by atoms with E-state index in [-0.39, 0.29) is 0 Å². The van der Waals surface area contributed by atoms with Gasteiger partial charge in [0, 0.05) is 18.3 Å². The van der Waals surface area contributed by atoms with Crippen molar-refractivity contribution >= 4 is 5.82 Å². The molecule has 3 N–H and O–H groups in total. The Hall–Kier alpha value is -1.09. The van der Waals surface area contributed by atoms with E-state index >= 15 is 0 Å².